The smallest absolute Gasteiger partial charge is 0.0713 e. The zero-order valence-corrected chi connectivity index (χ0v) is 12.0. The number of aliphatic hydroxyl groups is 1. The van der Waals surface area contributed by atoms with Crippen molar-refractivity contribution in [2.45, 2.75) is 6.61 Å². The van der Waals surface area contributed by atoms with Crippen LogP contribution in [0.5, 0.6) is 0 Å². The van der Waals surface area contributed by atoms with E-state index >= 15 is 0 Å². The molecule has 3 nitrogen and oxygen atoms in total. The first-order valence-electron chi connectivity index (χ1n) is 6.75. The van der Waals surface area contributed by atoms with Gasteiger partial charge in [0.1, 0.15) is 0 Å². The van der Waals surface area contributed by atoms with Crippen LogP contribution in [0.15, 0.2) is 48.5 Å². The summed E-state index contributed by atoms with van der Waals surface area (Å²) in [7, 11) is 3.68. The van der Waals surface area contributed by atoms with Crippen molar-refractivity contribution in [3.05, 3.63) is 54.1 Å². The molecule has 0 spiro atoms. The molecular formula is C17H21NO2. The van der Waals surface area contributed by atoms with Crippen LogP contribution >= 0.6 is 0 Å². The Bertz CT molecular complexity index is 520. The first-order valence-corrected chi connectivity index (χ1v) is 6.75. The van der Waals surface area contributed by atoms with Crippen molar-refractivity contribution < 1.29 is 9.84 Å². The lowest BCUT2D eigenvalue weighted by Gasteiger charge is -2.18. The lowest BCUT2D eigenvalue weighted by molar-refractivity contribution is 0.185. The summed E-state index contributed by atoms with van der Waals surface area (Å²) < 4.78 is 5.11. The van der Waals surface area contributed by atoms with E-state index in [1.54, 1.807) is 7.11 Å². The molecule has 0 bridgehead atoms. The molecule has 3 heteroatoms. The van der Waals surface area contributed by atoms with E-state index in [1.807, 2.05) is 11.9 Å². The van der Waals surface area contributed by atoms with E-state index in [4.69, 9.17) is 9.84 Å². The molecule has 0 radical (unpaired) electrons. The number of nitrogens with zero attached hydrogens (tertiary/aromatic N) is 1. The van der Waals surface area contributed by atoms with Crippen molar-refractivity contribution in [2.75, 3.05) is 32.2 Å². The number of anilines is 1. The Hall–Kier alpha value is -1.84. The summed E-state index contributed by atoms with van der Waals surface area (Å²) >= 11 is 0. The number of hydrogen-bond donors (Lipinski definition) is 1. The molecule has 0 heterocycles. The van der Waals surface area contributed by atoms with Gasteiger partial charge in [-0.15, -0.1) is 0 Å². The van der Waals surface area contributed by atoms with Crippen LogP contribution in [0.3, 0.4) is 0 Å². The number of ether oxygens (including phenoxy) is 1. The van der Waals surface area contributed by atoms with Crippen molar-refractivity contribution in [2.24, 2.45) is 0 Å². The van der Waals surface area contributed by atoms with Gasteiger partial charge in [-0.05, 0) is 28.8 Å². The highest BCUT2D eigenvalue weighted by Crippen LogP contribution is 2.23. The van der Waals surface area contributed by atoms with Crippen molar-refractivity contribution in [1.82, 2.24) is 0 Å². The molecule has 2 rings (SSSR count). The maximum absolute atomic E-state index is 8.95. The van der Waals surface area contributed by atoms with E-state index in [1.165, 1.54) is 16.7 Å². The number of aliphatic hydroxyl groups excluding tert-OH is 1. The molecule has 0 aliphatic heterocycles. The van der Waals surface area contributed by atoms with Crippen LogP contribution in [0.1, 0.15) is 5.56 Å². The van der Waals surface area contributed by atoms with Crippen LogP contribution in [0.25, 0.3) is 11.1 Å². The molecule has 0 atom stereocenters. The monoisotopic (exact) mass is 271 g/mol. The highest BCUT2D eigenvalue weighted by atomic mass is 16.5. The predicted octanol–water partition coefficient (Wildman–Crippen LogP) is 2.93. The summed E-state index contributed by atoms with van der Waals surface area (Å²) in [5, 5.41) is 8.95. The fourth-order valence-electron chi connectivity index (χ4n) is 2.15. The van der Waals surface area contributed by atoms with E-state index in [2.05, 4.69) is 48.5 Å². The minimum absolute atomic E-state index is 0.166. The third-order valence-electron chi connectivity index (χ3n) is 3.34. The molecule has 0 unspecified atom stereocenters. The Morgan fingerprint density at radius 1 is 0.950 bits per heavy atom. The van der Waals surface area contributed by atoms with Gasteiger partial charge in [-0.1, -0.05) is 36.4 Å². The molecule has 106 valence electrons. The minimum atomic E-state index is 0.166. The quantitative estimate of drug-likeness (QED) is 0.877. The third-order valence-corrected chi connectivity index (χ3v) is 3.34. The average molecular weight is 271 g/mol. The number of methoxy groups -OCH3 is 1. The van der Waals surface area contributed by atoms with Gasteiger partial charge >= 0.3 is 0 Å². The molecule has 20 heavy (non-hydrogen) atoms. The van der Waals surface area contributed by atoms with Crippen molar-refractivity contribution in [3.63, 3.8) is 0 Å². The predicted molar refractivity (Wildman–Crippen MR) is 82.9 cm³/mol. The van der Waals surface area contributed by atoms with Crippen LogP contribution in [0, 0.1) is 0 Å². The standard InChI is InChI=1S/C17H21NO2/c1-18(11-12-19)17-9-7-16(8-10-17)15-5-3-14(4-6-15)13-20-2/h3-10,19H,11-13H2,1-2H3. The van der Waals surface area contributed by atoms with Gasteiger partial charge in [-0.25, -0.2) is 0 Å². The largest absolute Gasteiger partial charge is 0.395 e. The summed E-state index contributed by atoms with van der Waals surface area (Å²) in [6, 6.07) is 16.8. The van der Waals surface area contributed by atoms with E-state index in [-0.39, 0.29) is 6.61 Å². The molecule has 0 fully saturated rings. The Morgan fingerprint density at radius 3 is 2.00 bits per heavy atom. The van der Waals surface area contributed by atoms with Crippen LogP contribution < -0.4 is 4.90 Å². The second kappa shape index (κ2) is 7.08. The molecular weight excluding hydrogens is 250 g/mol. The van der Waals surface area contributed by atoms with E-state index in [0.717, 1.165) is 5.69 Å². The summed E-state index contributed by atoms with van der Waals surface area (Å²) in [5.74, 6) is 0. The molecule has 2 aromatic carbocycles. The number of likely N-dealkylation sites (N-methyl/N-ethyl adjacent to an activating group) is 1. The second-order valence-corrected chi connectivity index (χ2v) is 4.82. The zero-order chi connectivity index (χ0) is 14.4. The zero-order valence-electron chi connectivity index (χ0n) is 12.0. The Morgan fingerprint density at radius 2 is 1.50 bits per heavy atom. The molecule has 0 aliphatic rings. The lowest BCUT2D eigenvalue weighted by Crippen LogP contribution is -2.20. The van der Waals surface area contributed by atoms with Crippen LogP contribution in [0.4, 0.5) is 5.69 Å². The van der Waals surface area contributed by atoms with Gasteiger partial charge in [-0.2, -0.15) is 0 Å². The van der Waals surface area contributed by atoms with Gasteiger partial charge < -0.3 is 14.7 Å². The highest BCUT2D eigenvalue weighted by Gasteiger charge is 2.02. The van der Waals surface area contributed by atoms with Crippen molar-refractivity contribution in [1.29, 1.82) is 0 Å². The van der Waals surface area contributed by atoms with Gasteiger partial charge in [-0.3, -0.25) is 0 Å². The van der Waals surface area contributed by atoms with Crippen LogP contribution in [-0.4, -0.2) is 32.4 Å². The Kier molecular flexibility index (Phi) is 5.16. The van der Waals surface area contributed by atoms with Crippen LogP contribution in [-0.2, 0) is 11.3 Å². The molecule has 0 saturated heterocycles. The molecule has 0 aromatic heterocycles. The van der Waals surface area contributed by atoms with E-state index < -0.39 is 0 Å². The summed E-state index contributed by atoms with van der Waals surface area (Å²) in [6.45, 7) is 1.45. The first kappa shape index (κ1) is 14.6. The van der Waals surface area contributed by atoms with Gasteiger partial charge in [0.15, 0.2) is 0 Å². The SMILES string of the molecule is COCc1ccc(-c2ccc(N(C)CCO)cc2)cc1. The fourth-order valence-corrected chi connectivity index (χ4v) is 2.15. The molecule has 1 N–H and O–H groups in total. The minimum Gasteiger partial charge on any atom is -0.395 e. The Labute approximate surface area is 120 Å². The lowest BCUT2D eigenvalue weighted by atomic mass is 10.0. The van der Waals surface area contributed by atoms with Gasteiger partial charge in [0, 0.05) is 26.4 Å². The number of hydrogen-bond acceptors (Lipinski definition) is 3. The second-order valence-electron chi connectivity index (χ2n) is 4.82. The van der Waals surface area contributed by atoms with Crippen LogP contribution in [0.2, 0.25) is 0 Å². The summed E-state index contributed by atoms with van der Waals surface area (Å²) in [6.07, 6.45) is 0. The fraction of sp³-hybridized carbons (Fsp3) is 0.294. The molecule has 0 amide bonds. The first-order chi connectivity index (χ1) is 9.74. The van der Waals surface area contributed by atoms with Crippen molar-refractivity contribution >= 4 is 5.69 Å². The molecule has 0 aliphatic carbocycles. The van der Waals surface area contributed by atoms with Gasteiger partial charge in [0.2, 0.25) is 0 Å². The number of benzene rings is 2. The normalized spacial score (nSPS) is 10.6. The van der Waals surface area contributed by atoms with E-state index in [0.29, 0.717) is 13.2 Å². The maximum atomic E-state index is 8.95. The maximum Gasteiger partial charge on any atom is 0.0713 e. The summed E-state index contributed by atoms with van der Waals surface area (Å²) in [5.41, 5.74) is 4.67. The Balaban J connectivity index is 2.13. The van der Waals surface area contributed by atoms with Crippen molar-refractivity contribution in [3.8, 4) is 11.1 Å². The van der Waals surface area contributed by atoms with Gasteiger partial charge in [0.05, 0.1) is 13.2 Å². The highest BCUT2D eigenvalue weighted by molar-refractivity contribution is 5.66. The average Bonchev–Trinajstić information content (AvgIpc) is 2.49. The molecule has 2 aromatic rings. The topological polar surface area (TPSA) is 32.7 Å². The summed E-state index contributed by atoms with van der Waals surface area (Å²) in [4.78, 5) is 2.03. The van der Waals surface area contributed by atoms with Gasteiger partial charge in [0.25, 0.3) is 0 Å². The third kappa shape index (κ3) is 3.59. The molecule has 0 saturated carbocycles. The van der Waals surface area contributed by atoms with E-state index in [9.17, 15) is 0 Å². The number of rotatable bonds is 6.